The van der Waals surface area contributed by atoms with Gasteiger partial charge in [-0.25, -0.2) is 4.79 Å². The second-order valence-electron chi connectivity index (χ2n) is 14.2. The number of amides is 4. The number of hydrogen-bond acceptors (Lipinski definition) is 7. The molecule has 4 aliphatic rings. The average molecular weight is 613 g/mol. The van der Waals surface area contributed by atoms with Gasteiger partial charge in [0.15, 0.2) is 5.60 Å². The Kier molecular flexibility index (Phi) is 9.16. The van der Waals surface area contributed by atoms with Gasteiger partial charge in [-0.2, -0.15) is 0 Å². The van der Waals surface area contributed by atoms with E-state index in [1.165, 1.54) is 4.90 Å². The van der Waals surface area contributed by atoms with Gasteiger partial charge in [-0.15, -0.1) is 0 Å². The van der Waals surface area contributed by atoms with E-state index in [-0.39, 0.29) is 42.9 Å². The SMILES string of the molecule is COCCCN1C(=O)C(C)(C)Oc2ccc(N(C(=O)C3C[C@H](C(=O)NC4CCC4)CN(C(=O)OC(C)(C)C)C3)C3CC3)cc21. The first-order valence-electron chi connectivity index (χ1n) is 16.0. The standard InChI is InChI=1S/C33H48N4O7/c1-32(2,3)44-31(41)35-19-21(28(38)34-23-9-7-10-23)17-22(20-35)29(39)37(24-11-12-24)25-13-14-27-26(18-25)36(15-8-16-42-6)30(40)33(4,5)43-27/h13-14,18,21-24H,7-12,15-17,19-20H2,1-6H3,(H,34,38)/t21-,22?/m0/s1. The minimum Gasteiger partial charge on any atom is -0.476 e. The van der Waals surface area contributed by atoms with Crippen molar-refractivity contribution in [2.24, 2.45) is 11.8 Å². The highest BCUT2D eigenvalue weighted by Crippen LogP contribution is 2.43. The maximum Gasteiger partial charge on any atom is 0.410 e. The van der Waals surface area contributed by atoms with E-state index in [4.69, 9.17) is 14.2 Å². The first-order valence-corrected chi connectivity index (χ1v) is 16.0. The Bertz CT molecular complexity index is 1270. The van der Waals surface area contributed by atoms with Gasteiger partial charge in [0, 0.05) is 51.1 Å². The number of likely N-dealkylation sites (tertiary alicyclic amines) is 1. The first-order chi connectivity index (χ1) is 20.8. The minimum atomic E-state index is -1.02. The molecule has 1 N–H and O–H groups in total. The Morgan fingerprint density at radius 1 is 1.09 bits per heavy atom. The third kappa shape index (κ3) is 7.14. The summed E-state index contributed by atoms with van der Waals surface area (Å²) in [4.78, 5) is 59.4. The molecule has 0 spiro atoms. The molecule has 2 aliphatic carbocycles. The molecule has 3 fully saturated rings. The van der Waals surface area contributed by atoms with Crippen LogP contribution in [0.2, 0.25) is 0 Å². The average Bonchev–Trinajstić information content (AvgIpc) is 3.77. The predicted molar refractivity (Wildman–Crippen MR) is 166 cm³/mol. The molecule has 0 radical (unpaired) electrons. The fourth-order valence-corrected chi connectivity index (χ4v) is 6.16. The number of hydrogen-bond donors (Lipinski definition) is 1. The second-order valence-corrected chi connectivity index (χ2v) is 14.2. The lowest BCUT2D eigenvalue weighted by Crippen LogP contribution is -2.55. The monoisotopic (exact) mass is 612 g/mol. The lowest BCUT2D eigenvalue weighted by molar-refractivity contribution is -0.133. The molecule has 5 rings (SSSR count). The fourth-order valence-electron chi connectivity index (χ4n) is 6.16. The van der Waals surface area contributed by atoms with Crippen LogP contribution in [0.25, 0.3) is 0 Å². The van der Waals surface area contributed by atoms with Crippen LogP contribution in [0.1, 0.15) is 79.6 Å². The van der Waals surface area contributed by atoms with Gasteiger partial charge in [0.2, 0.25) is 11.8 Å². The van der Waals surface area contributed by atoms with Crippen LogP contribution in [0.5, 0.6) is 5.75 Å². The summed E-state index contributed by atoms with van der Waals surface area (Å²) in [7, 11) is 1.63. The van der Waals surface area contributed by atoms with Crippen molar-refractivity contribution in [1.82, 2.24) is 10.2 Å². The lowest BCUT2D eigenvalue weighted by atomic mass is 9.86. The number of ether oxygens (including phenoxy) is 3. The summed E-state index contributed by atoms with van der Waals surface area (Å²) in [6.45, 7) is 10.3. The van der Waals surface area contributed by atoms with Crippen LogP contribution in [0, 0.1) is 11.8 Å². The molecule has 11 nitrogen and oxygen atoms in total. The van der Waals surface area contributed by atoms with Crippen LogP contribution in [-0.4, -0.2) is 85.4 Å². The second kappa shape index (κ2) is 12.6. The van der Waals surface area contributed by atoms with Crippen molar-refractivity contribution in [3.05, 3.63) is 18.2 Å². The number of nitrogens with one attached hydrogen (secondary N) is 1. The number of benzene rings is 1. The third-order valence-corrected chi connectivity index (χ3v) is 8.79. The summed E-state index contributed by atoms with van der Waals surface area (Å²) in [5.74, 6) is -0.905. The van der Waals surface area contributed by atoms with E-state index < -0.39 is 29.1 Å². The summed E-state index contributed by atoms with van der Waals surface area (Å²) in [5, 5.41) is 3.12. The Labute approximate surface area is 260 Å². The number of rotatable bonds is 9. The van der Waals surface area contributed by atoms with Crippen molar-refractivity contribution in [2.75, 3.05) is 43.2 Å². The van der Waals surface area contributed by atoms with Gasteiger partial charge >= 0.3 is 6.09 Å². The van der Waals surface area contributed by atoms with E-state index in [0.29, 0.717) is 43.1 Å². The summed E-state index contributed by atoms with van der Waals surface area (Å²) in [6.07, 6.45) is 5.20. The van der Waals surface area contributed by atoms with Gasteiger partial charge in [-0.1, -0.05) is 0 Å². The topological polar surface area (TPSA) is 118 Å². The molecule has 11 heteroatoms. The number of nitrogens with zero attached hydrogens (tertiary/aromatic N) is 3. The molecule has 4 amide bonds. The van der Waals surface area contributed by atoms with Crippen molar-refractivity contribution in [2.45, 2.75) is 103 Å². The number of carbonyl (C=O) groups is 4. The number of anilines is 2. The van der Waals surface area contributed by atoms with Crippen LogP contribution in [0.15, 0.2) is 18.2 Å². The molecule has 0 bridgehead atoms. The molecule has 1 unspecified atom stereocenters. The normalized spacial score (nSPS) is 23.3. The molecule has 2 heterocycles. The van der Waals surface area contributed by atoms with E-state index in [1.54, 1.807) is 46.6 Å². The minimum absolute atomic E-state index is 0.0123. The van der Waals surface area contributed by atoms with E-state index in [0.717, 1.165) is 32.1 Å². The molecule has 242 valence electrons. The largest absolute Gasteiger partial charge is 0.476 e. The lowest BCUT2D eigenvalue weighted by Gasteiger charge is -2.41. The molecule has 2 atom stereocenters. The Morgan fingerprint density at radius 2 is 1.80 bits per heavy atom. The maximum atomic E-state index is 14.4. The zero-order chi connectivity index (χ0) is 31.8. The number of methoxy groups -OCH3 is 1. The Morgan fingerprint density at radius 3 is 2.41 bits per heavy atom. The number of piperidine rings is 1. The highest BCUT2D eigenvalue weighted by Gasteiger charge is 2.45. The fraction of sp³-hybridized carbons (Fsp3) is 0.697. The molecule has 2 aliphatic heterocycles. The van der Waals surface area contributed by atoms with E-state index in [9.17, 15) is 19.2 Å². The van der Waals surface area contributed by atoms with E-state index in [2.05, 4.69) is 5.32 Å². The summed E-state index contributed by atoms with van der Waals surface area (Å²) in [6, 6.07) is 5.73. The van der Waals surface area contributed by atoms with Crippen LogP contribution in [-0.2, 0) is 23.9 Å². The van der Waals surface area contributed by atoms with E-state index >= 15 is 0 Å². The molecule has 0 aromatic heterocycles. The molecule has 1 aromatic rings. The summed E-state index contributed by atoms with van der Waals surface area (Å²) >= 11 is 0. The van der Waals surface area contributed by atoms with Gasteiger partial charge in [0.25, 0.3) is 5.91 Å². The van der Waals surface area contributed by atoms with Crippen molar-refractivity contribution in [3.63, 3.8) is 0 Å². The number of carbonyl (C=O) groups excluding carboxylic acids is 4. The zero-order valence-corrected chi connectivity index (χ0v) is 27.0. The Hall–Kier alpha value is -3.34. The van der Waals surface area contributed by atoms with Crippen LogP contribution in [0.3, 0.4) is 0 Å². The maximum absolute atomic E-state index is 14.4. The summed E-state index contributed by atoms with van der Waals surface area (Å²) < 4.78 is 17.0. The van der Waals surface area contributed by atoms with Crippen LogP contribution >= 0.6 is 0 Å². The van der Waals surface area contributed by atoms with Gasteiger partial charge in [-0.05, 0) is 97.8 Å². The molecule has 44 heavy (non-hydrogen) atoms. The third-order valence-electron chi connectivity index (χ3n) is 8.79. The zero-order valence-electron chi connectivity index (χ0n) is 27.0. The van der Waals surface area contributed by atoms with Gasteiger partial charge in [0.05, 0.1) is 17.5 Å². The van der Waals surface area contributed by atoms with Crippen molar-refractivity contribution >= 4 is 35.2 Å². The van der Waals surface area contributed by atoms with Crippen molar-refractivity contribution in [3.8, 4) is 5.75 Å². The van der Waals surface area contributed by atoms with Gasteiger partial charge in [0.1, 0.15) is 11.4 Å². The molecular formula is C33H48N4O7. The Balaban J connectivity index is 1.42. The first kappa shape index (κ1) is 32.1. The van der Waals surface area contributed by atoms with Crippen molar-refractivity contribution < 1.29 is 33.4 Å². The van der Waals surface area contributed by atoms with Crippen LogP contribution in [0.4, 0.5) is 16.2 Å². The van der Waals surface area contributed by atoms with Gasteiger partial charge in [-0.3, -0.25) is 14.4 Å². The van der Waals surface area contributed by atoms with E-state index in [1.807, 2.05) is 23.1 Å². The van der Waals surface area contributed by atoms with Gasteiger partial charge < -0.3 is 34.2 Å². The molecule has 1 aromatic carbocycles. The number of fused-ring (bicyclic) bond motifs is 1. The van der Waals surface area contributed by atoms with Crippen LogP contribution < -0.4 is 19.9 Å². The highest BCUT2D eigenvalue weighted by molar-refractivity contribution is 6.04. The molecule has 1 saturated heterocycles. The smallest absolute Gasteiger partial charge is 0.410 e. The molecular weight excluding hydrogens is 564 g/mol. The highest BCUT2D eigenvalue weighted by atomic mass is 16.6. The van der Waals surface area contributed by atoms with Crippen molar-refractivity contribution in [1.29, 1.82) is 0 Å². The quantitative estimate of drug-likeness (QED) is 0.414. The molecule has 2 saturated carbocycles. The predicted octanol–water partition coefficient (Wildman–Crippen LogP) is 4.26. The summed E-state index contributed by atoms with van der Waals surface area (Å²) in [5.41, 5.74) is -0.424.